The van der Waals surface area contributed by atoms with Crippen molar-refractivity contribution in [3.63, 3.8) is 0 Å². The van der Waals surface area contributed by atoms with Crippen molar-refractivity contribution in [2.45, 2.75) is 37.9 Å². The van der Waals surface area contributed by atoms with Crippen LogP contribution in [-0.4, -0.2) is 67.9 Å². The molecule has 6 N–H and O–H groups in total. The normalized spacial score (nSPS) is 27.6. The van der Waals surface area contributed by atoms with E-state index in [9.17, 15) is 24.4 Å². The molecule has 0 spiro atoms. The molecule has 2 heterocycles. The van der Waals surface area contributed by atoms with E-state index in [0.29, 0.717) is 0 Å². The van der Waals surface area contributed by atoms with Crippen LogP contribution in [0.2, 0.25) is 0 Å². The smallest absolute Gasteiger partial charge is 0.387 e. The summed E-state index contributed by atoms with van der Waals surface area (Å²) in [5.41, 5.74) is -1.30. The molecule has 0 saturated carbocycles. The molecule has 1 saturated heterocycles. The number of aryl methyl sites for hydroxylation is 1. The Hall–Kier alpha value is -1.41. The number of phosphoric acid groups is 1. The van der Waals surface area contributed by atoms with E-state index in [4.69, 9.17) is 19.3 Å². The molecule has 5 atom stereocenters. The molecule has 1 fully saturated rings. The van der Waals surface area contributed by atoms with Gasteiger partial charge in [0.1, 0.15) is 18.3 Å². The lowest BCUT2D eigenvalue weighted by atomic mass is 10.1. The quantitative estimate of drug-likeness (QED) is 0.204. The van der Waals surface area contributed by atoms with E-state index in [2.05, 4.69) is 14.8 Å². The van der Waals surface area contributed by atoms with Gasteiger partial charge in [0.25, 0.3) is 5.56 Å². The fourth-order valence-electron chi connectivity index (χ4n) is 2.39. The zero-order chi connectivity index (χ0) is 19.6. The van der Waals surface area contributed by atoms with Gasteiger partial charge in [-0.3, -0.25) is 24.2 Å². The van der Waals surface area contributed by atoms with Crippen molar-refractivity contribution in [3.05, 3.63) is 32.6 Å². The Morgan fingerprint density at radius 2 is 2.12 bits per heavy atom. The maximum Gasteiger partial charge on any atom is 0.469 e. The molecule has 0 aromatic carbocycles. The molecule has 1 aromatic heterocycles. The summed E-state index contributed by atoms with van der Waals surface area (Å²) in [7, 11) is -3.46. The molecule has 1 aliphatic heterocycles. The maximum absolute atomic E-state index is 12.1. The van der Waals surface area contributed by atoms with Gasteiger partial charge in [-0.25, -0.2) is 9.36 Å². The summed E-state index contributed by atoms with van der Waals surface area (Å²) in [6, 6.07) is 0. The number of aliphatic hydroxyl groups excluding tert-OH is 2. The predicted molar refractivity (Wildman–Crippen MR) is 83.9 cm³/mol. The van der Waals surface area contributed by atoms with E-state index < -0.39 is 56.6 Å². The molecule has 13 nitrogen and oxygen atoms in total. The Balaban J connectivity index is 2.34. The molecule has 0 bridgehead atoms. The number of rotatable bonds is 7. The van der Waals surface area contributed by atoms with Crippen molar-refractivity contribution in [2.75, 3.05) is 13.7 Å². The van der Waals surface area contributed by atoms with Crippen LogP contribution in [0.1, 0.15) is 11.8 Å². The average molecular weight is 397 g/mol. The van der Waals surface area contributed by atoms with Gasteiger partial charge in [-0.15, -0.1) is 0 Å². The molecule has 1 aliphatic rings. The predicted octanol–water partition coefficient (Wildman–Crippen LogP) is -2.91. The Kier molecular flexibility index (Phi) is 6.50. The first-order chi connectivity index (χ1) is 12.0. The monoisotopic (exact) mass is 397 g/mol. The highest BCUT2D eigenvalue weighted by Crippen LogP contribution is 2.38. The highest BCUT2D eigenvalue weighted by atomic mass is 31.2. The summed E-state index contributed by atoms with van der Waals surface area (Å²) in [5.74, 6) is 0. The molecule has 148 valence electrons. The van der Waals surface area contributed by atoms with Crippen molar-refractivity contribution in [2.24, 2.45) is 0 Å². The standard InChI is InChI=1S/C12H20N3O10P/c1-5-3-15(11(18)14-9(5)17)10-8(25-12(19)13-2)7(16)6(24-10)4-23-26(20,21)22/h3,6-8,10,12-13,16,19H,4H2,1-2H3,(H,14,17,18)(H2,20,21,22)/t6-,7-,8-,10-,12?/m1/s1. The number of H-pyrrole nitrogens is 1. The van der Waals surface area contributed by atoms with E-state index in [-0.39, 0.29) is 5.56 Å². The number of hydrogen-bond donors (Lipinski definition) is 6. The lowest BCUT2D eigenvalue weighted by Crippen LogP contribution is -2.44. The van der Waals surface area contributed by atoms with Gasteiger partial charge in [-0.1, -0.05) is 0 Å². The molecule has 0 amide bonds. The van der Waals surface area contributed by atoms with E-state index in [1.54, 1.807) is 0 Å². The number of nitrogens with one attached hydrogen (secondary N) is 2. The number of aromatic nitrogens is 2. The van der Waals surface area contributed by atoms with Gasteiger partial charge in [-0.05, 0) is 14.0 Å². The summed E-state index contributed by atoms with van der Waals surface area (Å²) in [6.07, 6.45) is -5.75. The Morgan fingerprint density at radius 1 is 1.46 bits per heavy atom. The van der Waals surface area contributed by atoms with Crippen LogP contribution >= 0.6 is 7.82 Å². The van der Waals surface area contributed by atoms with Crippen LogP contribution in [0, 0.1) is 6.92 Å². The lowest BCUT2D eigenvalue weighted by molar-refractivity contribution is -0.188. The molecule has 26 heavy (non-hydrogen) atoms. The van der Waals surface area contributed by atoms with Crippen molar-refractivity contribution < 1.29 is 38.6 Å². The third kappa shape index (κ3) is 4.85. The fraction of sp³-hybridized carbons (Fsp3) is 0.667. The van der Waals surface area contributed by atoms with Crippen LogP contribution in [0.5, 0.6) is 0 Å². The number of hydrogen-bond acceptors (Lipinski definition) is 9. The summed E-state index contributed by atoms with van der Waals surface area (Å²) in [4.78, 5) is 43.2. The average Bonchev–Trinajstić information content (AvgIpc) is 2.84. The second kappa shape index (κ2) is 8.08. The highest BCUT2D eigenvalue weighted by Gasteiger charge is 2.47. The van der Waals surface area contributed by atoms with Gasteiger partial charge in [0, 0.05) is 11.8 Å². The van der Waals surface area contributed by atoms with Crippen molar-refractivity contribution in [1.29, 1.82) is 0 Å². The Bertz CT molecular complexity index is 788. The van der Waals surface area contributed by atoms with E-state index in [1.807, 2.05) is 0 Å². The van der Waals surface area contributed by atoms with Gasteiger partial charge in [-0.2, -0.15) is 0 Å². The summed E-state index contributed by atoms with van der Waals surface area (Å²) in [5, 5.41) is 22.3. The molecule has 1 unspecified atom stereocenters. The number of ether oxygens (including phenoxy) is 2. The minimum absolute atomic E-state index is 0.172. The third-order valence-corrected chi connectivity index (χ3v) is 4.16. The number of nitrogens with zero attached hydrogens (tertiary/aromatic N) is 1. The van der Waals surface area contributed by atoms with Crippen LogP contribution in [0.25, 0.3) is 0 Å². The maximum atomic E-state index is 12.1. The van der Waals surface area contributed by atoms with Gasteiger partial charge >= 0.3 is 13.5 Å². The van der Waals surface area contributed by atoms with Gasteiger partial charge in [0.2, 0.25) is 6.41 Å². The van der Waals surface area contributed by atoms with Crippen LogP contribution in [-0.2, 0) is 18.6 Å². The summed E-state index contributed by atoms with van der Waals surface area (Å²) < 4.78 is 26.7. The second-order valence-corrected chi connectivity index (χ2v) is 6.80. The number of phosphoric ester groups is 1. The molecule has 0 aliphatic carbocycles. The van der Waals surface area contributed by atoms with Gasteiger partial charge in [0.05, 0.1) is 6.61 Å². The lowest BCUT2D eigenvalue weighted by Gasteiger charge is -2.24. The largest absolute Gasteiger partial charge is 0.469 e. The van der Waals surface area contributed by atoms with Crippen molar-refractivity contribution in [3.8, 4) is 0 Å². The van der Waals surface area contributed by atoms with E-state index >= 15 is 0 Å². The minimum Gasteiger partial charge on any atom is -0.387 e. The Labute approximate surface area is 146 Å². The number of aliphatic hydroxyl groups is 2. The van der Waals surface area contributed by atoms with E-state index in [0.717, 1.165) is 4.57 Å². The van der Waals surface area contributed by atoms with Crippen LogP contribution in [0.15, 0.2) is 15.8 Å². The van der Waals surface area contributed by atoms with Crippen LogP contribution < -0.4 is 16.6 Å². The number of aromatic amines is 1. The summed E-state index contributed by atoms with van der Waals surface area (Å²) >= 11 is 0. The topological polar surface area (TPSA) is 193 Å². The molecular weight excluding hydrogens is 377 g/mol. The molecule has 14 heteroatoms. The van der Waals surface area contributed by atoms with Crippen LogP contribution in [0.3, 0.4) is 0 Å². The first kappa shape index (κ1) is 20.9. The Morgan fingerprint density at radius 3 is 2.69 bits per heavy atom. The molecule has 0 radical (unpaired) electrons. The zero-order valence-electron chi connectivity index (χ0n) is 13.8. The first-order valence-corrected chi connectivity index (χ1v) is 8.93. The minimum atomic E-state index is -4.82. The first-order valence-electron chi connectivity index (χ1n) is 7.40. The third-order valence-electron chi connectivity index (χ3n) is 3.67. The van der Waals surface area contributed by atoms with Gasteiger partial charge in [0.15, 0.2) is 6.23 Å². The van der Waals surface area contributed by atoms with Crippen molar-refractivity contribution in [1.82, 2.24) is 14.9 Å². The van der Waals surface area contributed by atoms with Crippen molar-refractivity contribution >= 4 is 7.82 Å². The fourth-order valence-corrected chi connectivity index (χ4v) is 2.73. The van der Waals surface area contributed by atoms with E-state index in [1.165, 1.54) is 20.2 Å². The van der Waals surface area contributed by atoms with Crippen LogP contribution in [0.4, 0.5) is 0 Å². The molecule has 2 rings (SSSR count). The molecular formula is C12H20N3O10P. The highest BCUT2D eigenvalue weighted by molar-refractivity contribution is 7.46. The molecule has 1 aromatic rings. The SMILES string of the molecule is CNC(O)O[C@@H]1[C@H](O)[C@@H](COP(=O)(O)O)O[C@H]1n1cc(C)c(=O)[nH]c1=O. The second-order valence-electron chi connectivity index (χ2n) is 5.56. The van der Waals surface area contributed by atoms with Gasteiger partial charge < -0.3 is 29.5 Å². The zero-order valence-corrected chi connectivity index (χ0v) is 14.7. The summed E-state index contributed by atoms with van der Waals surface area (Å²) in [6.45, 7) is 0.737.